The van der Waals surface area contributed by atoms with Crippen LogP contribution in [0.15, 0.2) is 17.5 Å². The zero-order valence-corrected chi connectivity index (χ0v) is 14.7. The second kappa shape index (κ2) is 6.24. The van der Waals surface area contributed by atoms with E-state index in [1.54, 1.807) is 0 Å². The third kappa shape index (κ3) is 2.78. The number of likely N-dealkylation sites (tertiary alicyclic amines) is 1. The van der Waals surface area contributed by atoms with Gasteiger partial charge in [-0.1, -0.05) is 19.9 Å². The summed E-state index contributed by atoms with van der Waals surface area (Å²) in [5.74, 6) is 1.43. The Labute approximate surface area is 139 Å². The first kappa shape index (κ1) is 15.9. The second-order valence-electron chi connectivity index (χ2n) is 6.21. The van der Waals surface area contributed by atoms with Crippen LogP contribution in [0.25, 0.3) is 0 Å². The minimum Gasteiger partial charge on any atom is -0.342 e. The summed E-state index contributed by atoms with van der Waals surface area (Å²) in [6, 6.07) is 3.83. The highest BCUT2D eigenvalue weighted by Crippen LogP contribution is 2.44. The molecule has 2 amide bonds. The Morgan fingerprint density at radius 1 is 1.23 bits per heavy atom. The Morgan fingerprint density at radius 3 is 2.55 bits per heavy atom. The molecule has 2 aliphatic heterocycles. The number of carbonyl (C=O) groups is 2. The molecule has 1 spiro atoms. The molecular formula is C16H22N2O2S2. The summed E-state index contributed by atoms with van der Waals surface area (Å²) in [5.41, 5.74) is 0. The van der Waals surface area contributed by atoms with Crippen LogP contribution < -0.4 is 0 Å². The van der Waals surface area contributed by atoms with Gasteiger partial charge in [-0.3, -0.25) is 9.59 Å². The number of amides is 2. The van der Waals surface area contributed by atoms with Crippen LogP contribution in [0, 0.1) is 5.92 Å². The minimum atomic E-state index is -0.102. The SMILES string of the molecule is CC(C)C(=O)N1CCC2(CC1)SCCN2C(=O)c1cccs1. The van der Waals surface area contributed by atoms with Crippen molar-refractivity contribution in [1.82, 2.24) is 9.80 Å². The van der Waals surface area contributed by atoms with Crippen molar-refractivity contribution in [2.45, 2.75) is 31.6 Å². The van der Waals surface area contributed by atoms with E-state index < -0.39 is 0 Å². The fourth-order valence-corrected chi connectivity index (χ4v) is 5.41. The number of thioether (sulfide) groups is 1. The molecule has 0 aliphatic carbocycles. The summed E-state index contributed by atoms with van der Waals surface area (Å²) < 4.78 is 0. The molecule has 0 radical (unpaired) electrons. The molecule has 120 valence electrons. The minimum absolute atomic E-state index is 0.0501. The van der Waals surface area contributed by atoms with Crippen LogP contribution in [0.1, 0.15) is 36.4 Å². The third-order valence-electron chi connectivity index (χ3n) is 4.50. The number of nitrogens with zero attached hydrogens (tertiary/aromatic N) is 2. The molecule has 0 N–H and O–H groups in total. The number of hydrogen-bond donors (Lipinski definition) is 0. The van der Waals surface area contributed by atoms with E-state index >= 15 is 0 Å². The summed E-state index contributed by atoms with van der Waals surface area (Å²) >= 11 is 3.40. The van der Waals surface area contributed by atoms with Crippen molar-refractivity contribution in [3.8, 4) is 0 Å². The van der Waals surface area contributed by atoms with Gasteiger partial charge in [0.2, 0.25) is 5.91 Å². The highest BCUT2D eigenvalue weighted by atomic mass is 32.2. The summed E-state index contributed by atoms with van der Waals surface area (Å²) in [7, 11) is 0. The monoisotopic (exact) mass is 338 g/mol. The standard InChI is InChI=1S/C16H22N2O2S2/c1-12(2)14(19)17-7-5-16(6-8-17)18(9-11-22-16)15(20)13-4-3-10-21-13/h3-4,10,12H,5-9,11H2,1-2H3. The zero-order chi connectivity index (χ0) is 15.7. The smallest absolute Gasteiger partial charge is 0.265 e. The molecule has 1 aromatic heterocycles. The maximum Gasteiger partial charge on any atom is 0.265 e. The van der Waals surface area contributed by atoms with Gasteiger partial charge in [-0.25, -0.2) is 0 Å². The van der Waals surface area contributed by atoms with Gasteiger partial charge in [0, 0.05) is 31.3 Å². The molecule has 1 aromatic rings. The van der Waals surface area contributed by atoms with Crippen molar-refractivity contribution in [2.75, 3.05) is 25.4 Å². The Hall–Kier alpha value is -1.01. The van der Waals surface area contributed by atoms with Crippen LogP contribution in [0.3, 0.4) is 0 Å². The normalized spacial score (nSPS) is 20.9. The van der Waals surface area contributed by atoms with Gasteiger partial charge in [0.15, 0.2) is 0 Å². The lowest BCUT2D eigenvalue weighted by Gasteiger charge is -2.44. The van der Waals surface area contributed by atoms with Crippen molar-refractivity contribution < 1.29 is 9.59 Å². The molecule has 0 saturated carbocycles. The van der Waals surface area contributed by atoms with E-state index in [-0.39, 0.29) is 22.6 Å². The lowest BCUT2D eigenvalue weighted by Crippen LogP contribution is -2.54. The van der Waals surface area contributed by atoms with Gasteiger partial charge >= 0.3 is 0 Å². The average molecular weight is 338 g/mol. The fourth-order valence-electron chi connectivity index (χ4n) is 3.28. The molecule has 6 heteroatoms. The topological polar surface area (TPSA) is 40.6 Å². The van der Waals surface area contributed by atoms with E-state index in [0.717, 1.165) is 43.1 Å². The van der Waals surface area contributed by atoms with Crippen molar-refractivity contribution in [3.05, 3.63) is 22.4 Å². The lowest BCUT2D eigenvalue weighted by atomic mass is 10.0. The summed E-state index contributed by atoms with van der Waals surface area (Å²) in [6.45, 7) is 6.24. The van der Waals surface area contributed by atoms with Gasteiger partial charge in [0.05, 0.1) is 9.75 Å². The predicted octanol–water partition coefficient (Wildman–Crippen LogP) is 2.91. The van der Waals surface area contributed by atoms with Crippen molar-refractivity contribution in [3.63, 3.8) is 0 Å². The van der Waals surface area contributed by atoms with Crippen LogP contribution in [-0.2, 0) is 4.79 Å². The highest BCUT2D eigenvalue weighted by Gasteiger charge is 2.47. The maximum absolute atomic E-state index is 12.7. The summed E-state index contributed by atoms with van der Waals surface area (Å²) in [6.07, 6.45) is 1.76. The molecule has 0 aromatic carbocycles. The molecule has 2 saturated heterocycles. The number of rotatable bonds is 2. The van der Waals surface area contributed by atoms with Gasteiger partial charge in [-0.2, -0.15) is 0 Å². The Balaban J connectivity index is 1.71. The Morgan fingerprint density at radius 2 is 1.95 bits per heavy atom. The molecule has 3 heterocycles. The van der Waals surface area contributed by atoms with E-state index in [4.69, 9.17) is 0 Å². The van der Waals surface area contributed by atoms with E-state index in [2.05, 4.69) is 4.90 Å². The number of hydrogen-bond acceptors (Lipinski definition) is 4. The summed E-state index contributed by atoms with van der Waals surface area (Å²) in [4.78, 5) is 29.6. The Kier molecular flexibility index (Phi) is 4.50. The number of carbonyl (C=O) groups excluding carboxylic acids is 2. The van der Waals surface area contributed by atoms with E-state index in [9.17, 15) is 9.59 Å². The summed E-state index contributed by atoms with van der Waals surface area (Å²) in [5, 5.41) is 1.95. The average Bonchev–Trinajstić information content (AvgIpc) is 3.17. The van der Waals surface area contributed by atoms with Crippen molar-refractivity contribution in [1.29, 1.82) is 0 Å². The molecule has 3 rings (SSSR count). The molecule has 4 nitrogen and oxygen atoms in total. The quantitative estimate of drug-likeness (QED) is 0.832. The van der Waals surface area contributed by atoms with E-state index in [1.807, 2.05) is 48.0 Å². The number of thiophene rings is 1. The van der Waals surface area contributed by atoms with Crippen molar-refractivity contribution in [2.24, 2.45) is 5.92 Å². The molecule has 0 unspecified atom stereocenters. The van der Waals surface area contributed by atoms with E-state index in [1.165, 1.54) is 11.3 Å². The first-order chi connectivity index (χ1) is 10.5. The molecule has 22 heavy (non-hydrogen) atoms. The lowest BCUT2D eigenvalue weighted by molar-refractivity contribution is -0.136. The fraction of sp³-hybridized carbons (Fsp3) is 0.625. The third-order valence-corrected chi connectivity index (χ3v) is 6.92. The van der Waals surface area contributed by atoms with Gasteiger partial charge in [-0.05, 0) is 24.3 Å². The van der Waals surface area contributed by atoms with Crippen LogP contribution in [-0.4, -0.2) is 51.9 Å². The van der Waals surface area contributed by atoms with Crippen LogP contribution in [0.4, 0.5) is 0 Å². The molecule has 2 aliphatic rings. The Bertz CT molecular complexity index is 549. The van der Waals surface area contributed by atoms with Crippen LogP contribution in [0.5, 0.6) is 0 Å². The number of piperidine rings is 1. The molecule has 0 atom stereocenters. The van der Waals surface area contributed by atoms with Crippen LogP contribution >= 0.6 is 23.1 Å². The van der Waals surface area contributed by atoms with Crippen molar-refractivity contribution >= 4 is 34.9 Å². The zero-order valence-electron chi connectivity index (χ0n) is 13.1. The first-order valence-corrected chi connectivity index (χ1v) is 9.68. The van der Waals surface area contributed by atoms with Gasteiger partial charge in [0.25, 0.3) is 5.91 Å². The largest absolute Gasteiger partial charge is 0.342 e. The van der Waals surface area contributed by atoms with Gasteiger partial charge < -0.3 is 9.80 Å². The molecule has 0 bridgehead atoms. The van der Waals surface area contributed by atoms with Gasteiger partial charge in [-0.15, -0.1) is 23.1 Å². The predicted molar refractivity (Wildman–Crippen MR) is 91.2 cm³/mol. The molecular weight excluding hydrogens is 316 g/mol. The van der Waals surface area contributed by atoms with Crippen LogP contribution in [0.2, 0.25) is 0 Å². The maximum atomic E-state index is 12.7. The van der Waals surface area contributed by atoms with E-state index in [0.29, 0.717) is 0 Å². The molecule has 2 fully saturated rings. The highest BCUT2D eigenvalue weighted by molar-refractivity contribution is 8.00. The second-order valence-corrected chi connectivity index (χ2v) is 8.61. The first-order valence-electron chi connectivity index (χ1n) is 7.82. The van der Waals surface area contributed by atoms with Gasteiger partial charge in [0.1, 0.15) is 0 Å².